The molecule has 0 spiro atoms. The molecule has 102 valence electrons. The third kappa shape index (κ3) is 2.79. The van der Waals surface area contributed by atoms with E-state index < -0.39 is 0 Å². The summed E-state index contributed by atoms with van der Waals surface area (Å²) in [6.45, 7) is 3.28. The van der Waals surface area contributed by atoms with Gasteiger partial charge in [0, 0.05) is 30.3 Å². The average Bonchev–Trinajstić information content (AvgIpc) is 2.47. The van der Waals surface area contributed by atoms with Crippen molar-refractivity contribution < 1.29 is 4.74 Å². The van der Waals surface area contributed by atoms with Gasteiger partial charge in [0.1, 0.15) is 6.07 Å². The molecule has 1 aliphatic carbocycles. The maximum atomic E-state index is 9.32. The van der Waals surface area contributed by atoms with E-state index in [2.05, 4.69) is 28.9 Å². The first-order chi connectivity index (χ1) is 9.86. The molecule has 20 heavy (non-hydrogen) atoms. The number of hydrogen-bond donors (Lipinski definition) is 0. The Hall–Kier alpha value is -1.97. The molecule has 0 atom stereocenters. The molecule has 1 aliphatic heterocycles. The smallest absolute Gasteiger partial charge is 0.101 e. The highest BCUT2D eigenvalue weighted by atomic mass is 16.5. The van der Waals surface area contributed by atoms with Crippen LogP contribution >= 0.6 is 0 Å². The van der Waals surface area contributed by atoms with E-state index in [0.717, 1.165) is 37.6 Å². The van der Waals surface area contributed by atoms with Gasteiger partial charge in [0.05, 0.1) is 18.8 Å². The van der Waals surface area contributed by atoms with Gasteiger partial charge in [-0.15, -0.1) is 0 Å². The van der Waals surface area contributed by atoms with Gasteiger partial charge in [0.15, 0.2) is 0 Å². The Kier molecular flexibility index (Phi) is 3.90. The number of rotatable bonds is 1. The summed E-state index contributed by atoms with van der Waals surface area (Å²) in [5.41, 5.74) is 2.64. The molecule has 3 heteroatoms. The molecule has 0 radical (unpaired) electrons. The molecule has 1 heterocycles. The van der Waals surface area contributed by atoms with Crippen LogP contribution in [-0.4, -0.2) is 26.3 Å². The van der Waals surface area contributed by atoms with Crippen molar-refractivity contribution in [3.8, 4) is 17.9 Å². The van der Waals surface area contributed by atoms with Crippen molar-refractivity contribution in [3.63, 3.8) is 0 Å². The number of hydrogen-bond acceptors (Lipinski definition) is 3. The summed E-state index contributed by atoms with van der Waals surface area (Å²) >= 11 is 0. The van der Waals surface area contributed by atoms with Crippen LogP contribution in [0.5, 0.6) is 0 Å². The van der Waals surface area contributed by atoms with Gasteiger partial charge in [0.2, 0.25) is 0 Å². The first kappa shape index (κ1) is 13.0. The van der Waals surface area contributed by atoms with Gasteiger partial charge in [-0.25, -0.2) is 0 Å². The lowest BCUT2D eigenvalue weighted by Crippen LogP contribution is -2.36. The maximum absolute atomic E-state index is 9.32. The zero-order valence-electron chi connectivity index (χ0n) is 11.6. The highest BCUT2D eigenvalue weighted by Crippen LogP contribution is 2.25. The molecule has 1 aromatic rings. The highest BCUT2D eigenvalue weighted by molar-refractivity contribution is 5.58. The van der Waals surface area contributed by atoms with Crippen LogP contribution in [0, 0.1) is 29.1 Å². The summed E-state index contributed by atoms with van der Waals surface area (Å²) in [4.78, 5) is 2.26. The number of ether oxygens (including phenoxy) is 1. The van der Waals surface area contributed by atoms with Crippen LogP contribution in [0.15, 0.2) is 18.2 Å². The number of benzene rings is 1. The van der Waals surface area contributed by atoms with E-state index in [-0.39, 0.29) is 0 Å². The fourth-order valence-electron chi connectivity index (χ4n) is 2.48. The van der Waals surface area contributed by atoms with Gasteiger partial charge in [-0.1, -0.05) is 18.3 Å². The number of anilines is 1. The molecule has 3 rings (SSSR count). The van der Waals surface area contributed by atoms with E-state index in [4.69, 9.17) is 4.74 Å². The lowest BCUT2D eigenvalue weighted by molar-refractivity contribution is 0.122. The molecular formula is C17H18N2O. The third-order valence-corrected chi connectivity index (χ3v) is 4.02. The van der Waals surface area contributed by atoms with E-state index >= 15 is 0 Å². The molecule has 1 aromatic carbocycles. The predicted octanol–water partition coefficient (Wildman–Crippen LogP) is 2.55. The number of nitrogens with zero attached hydrogens (tertiary/aromatic N) is 2. The van der Waals surface area contributed by atoms with Crippen molar-refractivity contribution in [1.82, 2.24) is 0 Å². The second kappa shape index (κ2) is 5.99. The van der Waals surface area contributed by atoms with Crippen LogP contribution in [0.3, 0.4) is 0 Å². The van der Waals surface area contributed by atoms with Gasteiger partial charge < -0.3 is 9.64 Å². The Morgan fingerprint density at radius 2 is 1.95 bits per heavy atom. The minimum Gasteiger partial charge on any atom is -0.378 e. The van der Waals surface area contributed by atoms with Crippen LogP contribution in [0.25, 0.3) is 0 Å². The largest absolute Gasteiger partial charge is 0.378 e. The SMILES string of the molecule is N#Cc1cc(N2CCOCC2)ccc1C#CC1CCC1. The lowest BCUT2D eigenvalue weighted by atomic mass is 9.86. The summed E-state index contributed by atoms with van der Waals surface area (Å²) in [5.74, 6) is 7.00. The topological polar surface area (TPSA) is 36.3 Å². The molecule has 0 bridgehead atoms. The first-order valence-electron chi connectivity index (χ1n) is 7.25. The summed E-state index contributed by atoms with van der Waals surface area (Å²) in [7, 11) is 0. The fourth-order valence-corrected chi connectivity index (χ4v) is 2.48. The van der Waals surface area contributed by atoms with Gasteiger partial charge in [-0.2, -0.15) is 5.26 Å². The molecule has 0 N–H and O–H groups in total. The summed E-state index contributed by atoms with van der Waals surface area (Å²) in [6, 6.07) is 8.28. The Labute approximate surface area is 120 Å². The van der Waals surface area contributed by atoms with Crippen molar-refractivity contribution in [2.24, 2.45) is 5.92 Å². The Bertz CT molecular complexity index is 581. The molecule has 1 saturated heterocycles. The van der Waals surface area contributed by atoms with Crippen LogP contribution < -0.4 is 4.90 Å². The van der Waals surface area contributed by atoms with Crippen LogP contribution in [0.4, 0.5) is 5.69 Å². The average molecular weight is 266 g/mol. The van der Waals surface area contributed by atoms with Crippen molar-refractivity contribution in [2.75, 3.05) is 31.2 Å². The maximum Gasteiger partial charge on any atom is 0.101 e. The molecule has 0 unspecified atom stereocenters. The second-order valence-corrected chi connectivity index (χ2v) is 5.34. The number of morpholine rings is 1. The van der Waals surface area contributed by atoms with Crippen molar-refractivity contribution in [3.05, 3.63) is 29.3 Å². The van der Waals surface area contributed by atoms with E-state index in [9.17, 15) is 5.26 Å². The Balaban J connectivity index is 1.81. The van der Waals surface area contributed by atoms with Gasteiger partial charge in [-0.3, -0.25) is 0 Å². The predicted molar refractivity (Wildman–Crippen MR) is 78.4 cm³/mol. The third-order valence-electron chi connectivity index (χ3n) is 4.02. The van der Waals surface area contributed by atoms with E-state index in [1.54, 1.807) is 0 Å². The fraction of sp³-hybridized carbons (Fsp3) is 0.471. The zero-order valence-corrected chi connectivity index (χ0v) is 11.6. The van der Waals surface area contributed by atoms with Crippen LogP contribution in [0.1, 0.15) is 30.4 Å². The van der Waals surface area contributed by atoms with Gasteiger partial charge in [-0.05, 0) is 31.0 Å². The van der Waals surface area contributed by atoms with Crippen LogP contribution in [-0.2, 0) is 4.74 Å². The quantitative estimate of drug-likeness (QED) is 0.733. The summed E-state index contributed by atoms with van der Waals surface area (Å²) < 4.78 is 5.36. The molecule has 1 saturated carbocycles. The standard InChI is InChI=1S/C17H18N2O/c18-13-16-12-17(19-8-10-20-11-9-19)7-6-15(16)5-4-14-2-1-3-14/h6-7,12,14H,1-3,8-11H2. The molecule has 2 aliphatic rings. The van der Waals surface area contributed by atoms with E-state index in [1.807, 2.05) is 12.1 Å². The Morgan fingerprint density at radius 1 is 1.15 bits per heavy atom. The lowest BCUT2D eigenvalue weighted by Gasteiger charge is -2.29. The zero-order chi connectivity index (χ0) is 13.8. The van der Waals surface area contributed by atoms with E-state index in [0.29, 0.717) is 11.5 Å². The molecule has 0 amide bonds. The first-order valence-corrected chi connectivity index (χ1v) is 7.25. The minimum atomic E-state index is 0.542. The van der Waals surface area contributed by atoms with Crippen LogP contribution in [0.2, 0.25) is 0 Å². The summed E-state index contributed by atoms with van der Waals surface area (Å²) in [6.07, 6.45) is 3.71. The summed E-state index contributed by atoms with van der Waals surface area (Å²) in [5, 5.41) is 9.32. The van der Waals surface area contributed by atoms with E-state index in [1.165, 1.54) is 19.3 Å². The van der Waals surface area contributed by atoms with Crippen molar-refractivity contribution in [2.45, 2.75) is 19.3 Å². The van der Waals surface area contributed by atoms with Crippen molar-refractivity contribution >= 4 is 5.69 Å². The molecular weight excluding hydrogens is 248 g/mol. The van der Waals surface area contributed by atoms with Crippen molar-refractivity contribution in [1.29, 1.82) is 5.26 Å². The second-order valence-electron chi connectivity index (χ2n) is 5.34. The number of nitriles is 1. The van der Waals surface area contributed by atoms with Gasteiger partial charge >= 0.3 is 0 Å². The Morgan fingerprint density at radius 3 is 2.60 bits per heavy atom. The molecule has 0 aromatic heterocycles. The van der Waals surface area contributed by atoms with Gasteiger partial charge in [0.25, 0.3) is 0 Å². The minimum absolute atomic E-state index is 0.542. The highest BCUT2D eigenvalue weighted by Gasteiger charge is 2.15. The molecule has 3 nitrogen and oxygen atoms in total. The normalized spacial score (nSPS) is 18.6. The monoisotopic (exact) mass is 266 g/mol. The molecule has 2 fully saturated rings.